The number of halogens is 2. The normalized spacial score (nSPS) is 10.9. The minimum Gasteiger partial charge on any atom is -0.320 e. The first-order valence-corrected chi connectivity index (χ1v) is 10.6. The molecule has 162 valence electrons. The molecule has 4 rings (SSSR count). The van der Waals surface area contributed by atoms with E-state index in [9.17, 15) is 13.6 Å². The summed E-state index contributed by atoms with van der Waals surface area (Å²) in [5.74, 6) is -1.13. The van der Waals surface area contributed by atoms with Crippen molar-refractivity contribution in [1.82, 2.24) is 25.0 Å². The van der Waals surface area contributed by atoms with E-state index in [1.54, 1.807) is 18.2 Å². The van der Waals surface area contributed by atoms with Gasteiger partial charge in [0.25, 0.3) is 5.91 Å². The number of nitrogens with zero attached hydrogens (tertiary/aromatic N) is 5. The van der Waals surface area contributed by atoms with E-state index in [0.29, 0.717) is 22.2 Å². The molecule has 0 saturated carbocycles. The van der Waals surface area contributed by atoms with E-state index in [0.717, 1.165) is 11.4 Å². The Kier molecular flexibility index (Phi) is 6.22. The number of aryl methyl sites for hydroxylation is 2. The first-order chi connectivity index (χ1) is 15.4. The van der Waals surface area contributed by atoms with Crippen molar-refractivity contribution in [3.05, 3.63) is 89.0 Å². The average Bonchev–Trinajstić information content (AvgIpc) is 3.16. The Morgan fingerprint density at radius 3 is 2.41 bits per heavy atom. The predicted octanol–water partition coefficient (Wildman–Crippen LogP) is 4.50. The largest absolute Gasteiger partial charge is 0.320 e. The number of hydrogen-bond acceptors (Lipinski definition) is 6. The molecule has 7 nitrogen and oxygen atoms in total. The predicted molar refractivity (Wildman–Crippen MR) is 117 cm³/mol. The lowest BCUT2D eigenvalue weighted by Crippen LogP contribution is -2.15. The molecule has 0 spiro atoms. The van der Waals surface area contributed by atoms with Gasteiger partial charge in [-0.2, -0.15) is 0 Å². The standard InChI is InChI=1S/C22H18F2N6OS/c1-13-10-14(2)26-22(25-13)32-12-19-20(21(31)27-17-5-3-4-16(24)11-17)28-29-30(19)18-8-6-15(23)7-9-18/h3-11H,12H2,1-2H3,(H,27,31). The molecule has 0 unspecified atom stereocenters. The van der Waals surface area contributed by atoms with Crippen LogP contribution in [-0.4, -0.2) is 30.9 Å². The van der Waals surface area contributed by atoms with Crippen LogP contribution in [-0.2, 0) is 5.75 Å². The van der Waals surface area contributed by atoms with Crippen LogP contribution in [0.25, 0.3) is 5.69 Å². The van der Waals surface area contributed by atoms with Gasteiger partial charge in [0.05, 0.1) is 11.4 Å². The third-order valence-corrected chi connectivity index (χ3v) is 5.29. The number of carbonyl (C=O) groups excluding carboxylic acids is 1. The maximum atomic E-state index is 13.5. The van der Waals surface area contributed by atoms with Crippen molar-refractivity contribution in [3.8, 4) is 5.69 Å². The van der Waals surface area contributed by atoms with Gasteiger partial charge >= 0.3 is 0 Å². The Morgan fingerprint density at radius 1 is 1.00 bits per heavy atom. The number of amides is 1. The smallest absolute Gasteiger partial charge is 0.278 e. The van der Waals surface area contributed by atoms with Crippen molar-refractivity contribution in [1.29, 1.82) is 0 Å². The van der Waals surface area contributed by atoms with Gasteiger partial charge in [-0.25, -0.2) is 23.4 Å². The molecule has 1 N–H and O–H groups in total. The number of benzene rings is 2. The fourth-order valence-corrected chi connectivity index (χ4v) is 3.99. The van der Waals surface area contributed by atoms with E-state index in [2.05, 4.69) is 25.6 Å². The van der Waals surface area contributed by atoms with Crippen LogP contribution < -0.4 is 5.32 Å². The third kappa shape index (κ3) is 4.97. The van der Waals surface area contributed by atoms with Gasteiger partial charge in [-0.3, -0.25) is 4.79 Å². The van der Waals surface area contributed by atoms with Crippen LogP contribution in [0.5, 0.6) is 0 Å². The fourth-order valence-electron chi connectivity index (χ4n) is 3.04. The molecule has 0 fully saturated rings. The quantitative estimate of drug-likeness (QED) is 0.343. The molecule has 10 heteroatoms. The topological polar surface area (TPSA) is 85.6 Å². The molecule has 32 heavy (non-hydrogen) atoms. The monoisotopic (exact) mass is 452 g/mol. The lowest BCUT2D eigenvalue weighted by molar-refractivity contribution is 0.102. The lowest BCUT2D eigenvalue weighted by atomic mass is 10.2. The van der Waals surface area contributed by atoms with Crippen LogP contribution >= 0.6 is 11.8 Å². The zero-order chi connectivity index (χ0) is 22.7. The first-order valence-electron chi connectivity index (χ1n) is 9.61. The summed E-state index contributed by atoms with van der Waals surface area (Å²) in [6.45, 7) is 3.75. The van der Waals surface area contributed by atoms with Crippen molar-refractivity contribution in [2.45, 2.75) is 24.8 Å². The van der Waals surface area contributed by atoms with Gasteiger partial charge in [-0.05, 0) is 62.4 Å². The summed E-state index contributed by atoms with van der Waals surface area (Å²) in [5.41, 5.74) is 3.03. The van der Waals surface area contributed by atoms with Gasteiger partial charge in [0, 0.05) is 22.8 Å². The molecule has 0 aliphatic carbocycles. The summed E-state index contributed by atoms with van der Waals surface area (Å²) in [6, 6.07) is 13.1. The summed E-state index contributed by atoms with van der Waals surface area (Å²) in [4.78, 5) is 21.7. The maximum absolute atomic E-state index is 13.5. The highest BCUT2D eigenvalue weighted by Gasteiger charge is 2.22. The Morgan fingerprint density at radius 2 is 1.72 bits per heavy atom. The molecule has 0 aliphatic heterocycles. The van der Waals surface area contributed by atoms with Gasteiger partial charge in [-0.1, -0.05) is 23.0 Å². The summed E-state index contributed by atoms with van der Waals surface area (Å²) in [7, 11) is 0. The Hall–Kier alpha value is -3.66. The van der Waals surface area contributed by atoms with Crippen LogP contribution in [0.4, 0.5) is 14.5 Å². The van der Waals surface area contributed by atoms with E-state index in [1.165, 1.54) is 46.8 Å². The number of aromatic nitrogens is 5. The number of carbonyl (C=O) groups is 1. The molecule has 0 atom stereocenters. The van der Waals surface area contributed by atoms with Crippen molar-refractivity contribution in [2.75, 3.05) is 5.32 Å². The maximum Gasteiger partial charge on any atom is 0.278 e. The van der Waals surface area contributed by atoms with E-state index >= 15 is 0 Å². The summed E-state index contributed by atoms with van der Waals surface area (Å²) in [6.07, 6.45) is 0. The van der Waals surface area contributed by atoms with Crippen LogP contribution in [0.1, 0.15) is 27.6 Å². The molecule has 0 radical (unpaired) electrons. The molecule has 0 saturated heterocycles. The molecule has 4 aromatic rings. The molecule has 1 amide bonds. The van der Waals surface area contributed by atoms with Crippen LogP contribution in [0, 0.1) is 25.5 Å². The second-order valence-electron chi connectivity index (χ2n) is 6.96. The summed E-state index contributed by atoms with van der Waals surface area (Å²) < 4.78 is 28.4. The number of thioether (sulfide) groups is 1. The number of nitrogens with one attached hydrogen (secondary N) is 1. The first kappa shape index (κ1) is 21.6. The third-order valence-electron chi connectivity index (χ3n) is 4.43. The Balaban J connectivity index is 1.67. The highest BCUT2D eigenvalue weighted by Crippen LogP contribution is 2.24. The van der Waals surface area contributed by atoms with Crippen molar-refractivity contribution < 1.29 is 13.6 Å². The van der Waals surface area contributed by atoms with Crippen molar-refractivity contribution >= 4 is 23.4 Å². The molecule has 2 aromatic heterocycles. The fraction of sp³-hybridized carbons (Fsp3) is 0.136. The number of anilines is 1. The van der Waals surface area contributed by atoms with Crippen molar-refractivity contribution in [3.63, 3.8) is 0 Å². The van der Waals surface area contributed by atoms with Gasteiger partial charge in [0.2, 0.25) is 0 Å². The van der Waals surface area contributed by atoms with Crippen LogP contribution in [0.3, 0.4) is 0 Å². The molecule has 2 aromatic carbocycles. The minimum atomic E-state index is -0.541. The summed E-state index contributed by atoms with van der Waals surface area (Å²) in [5, 5.41) is 11.3. The number of hydrogen-bond donors (Lipinski definition) is 1. The molecule has 0 bridgehead atoms. The zero-order valence-electron chi connectivity index (χ0n) is 17.2. The molecule has 0 aliphatic rings. The Labute approximate surface area is 186 Å². The highest BCUT2D eigenvalue weighted by molar-refractivity contribution is 7.98. The second-order valence-corrected chi connectivity index (χ2v) is 7.90. The number of rotatable bonds is 6. The zero-order valence-corrected chi connectivity index (χ0v) is 18.0. The van der Waals surface area contributed by atoms with Gasteiger partial charge < -0.3 is 5.32 Å². The van der Waals surface area contributed by atoms with Crippen LogP contribution in [0.15, 0.2) is 59.8 Å². The molecular formula is C22H18F2N6OS. The van der Waals surface area contributed by atoms with E-state index in [-0.39, 0.29) is 11.4 Å². The lowest BCUT2D eigenvalue weighted by Gasteiger charge is -2.09. The van der Waals surface area contributed by atoms with E-state index in [4.69, 9.17) is 0 Å². The van der Waals surface area contributed by atoms with Crippen molar-refractivity contribution in [2.24, 2.45) is 0 Å². The average molecular weight is 452 g/mol. The molecule has 2 heterocycles. The van der Waals surface area contributed by atoms with Gasteiger partial charge in [-0.15, -0.1) is 5.10 Å². The van der Waals surface area contributed by atoms with E-state index in [1.807, 2.05) is 19.9 Å². The van der Waals surface area contributed by atoms with E-state index < -0.39 is 17.5 Å². The SMILES string of the molecule is Cc1cc(C)nc(SCc2c(C(=O)Nc3cccc(F)c3)nnn2-c2ccc(F)cc2)n1. The Bertz CT molecular complexity index is 1260. The minimum absolute atomic E-state index is 0.0652. The van der Waals surface area contributed by atoms with Crippen LogP contribution in [0.2, 0.25) is 0 Å². The van der Waals surface area contributed by atoms with Gasteiger partial charge in [0.1, 0.15) is 11.6 Å². The van der Waals surface area contributed by atoms with Gasteiger partial charge in [0.15, 0.2) is 10.9 Å². The highest BCUT2D eigenvalue weighted by atomic mass is 32.2. The molecular weight excluding hydrogens is 434 g/mol. The summed E-state index contributed by atoms with van der Waals surface area (Å²) >= 11 is 1.32. The second kappa shape index (κ2) is 9.23.